The molecule has 0 aliphatic rings. The molecule has 0 saturated carbocycles. The van der Waals surface area contributed by atoms with Crippen LogP contribution in [0.5, 0.6) is 0 Å². The Morgan fingerprint density at radius 1 is 1.00 bits per heavy atom. The topological polar surface area (TPSA) is 43.8 Å². The van der Waals surface area contributed by atoms with Crippen LogP contribution in [0.2, 0.25) is 0 Å². The van der Waals surface area contributed by atoms with E-state index in [1.165, 1.54) is 12.1 Å². The number of hydrogen-bond donors (Lipinski definition) is 1. The molecule has 1 heterocycles. The van der Waals surface area contributed by atoms with Gasteiger partial charge in [0, 0.05) is 11.8 Å². The van der Waals surface area contributed by atoms with Crippen molar-refractivity contribution in [3.8, 4) is 16.8 Å². The molecule has 0 aliphatic heterocycles. The molecule has 0 atom stereocenters. The summed E-state index contributed by atoms with van der Waals surface area (Å²) < 4.78 is 14.7. The van der Waals surface area contributed by atoms with Crippen LogP contribution in [0.3, 0.4) is 0 Å². The zero-order chi connectivity index (χ0) is 13.2. The van der Waals surface area contributed by atoms with E-state index in [1.807, 2.05) is 36.5 Å². The van der Waals surface area contributed by atoms with Crippen molar-refractivity contribution in [2.45, 2.75) is 0 Å². The van der Waals surface area contributed by atoms with Gasteiger partial charge in [-0.25, -0.2) is 9.07 Å². The second-order valence-corrected chi connectivity index (χ2v) is 4.24. The van der Waals surface area contributed by atoms with Gasteiger partial charge in [-0.3, -0.25) is 0 Å². The van der Waals surface area contributed by atoms with Crippen LogP contribution in [0.4, 0.5) is 10.1 Å². The third kappa shape index (κ3) is 2.20. The third-order valence-corrected chi connectivity index (χ3v) is 2.93. The van der Waals surface area contributed by atoms with E-state index in [1.54, 1.807) is 16.9 Å². The van der Waals surface area contributed by atoms with Gasteiger partial charge < -0.3 is 5.73 Å². The molecular formula is C15H12FN3. The Labute approximate surface area is 110 Å². The van der Waals surface area contributed by atoms with Crippen molar-refractivity contribution in [2.75, 3.05) is 5.73 Å². The molecule has 94 valence electrons. The van der Waals surface area contributed by atoms with Crippen LogP contribution in [0.15, 0.2) is 60.9 Å². The molecule has 0 bridgehead atoms. The number of halogens is 1. The fourth-order valence-corrected chi connectivity index (χ4v) is 1.97. The summed E-state index contributed by atoms with van der Waals surface area (Å²) in [6.45, 7) is 0. The quantitative estimate of drug-likeness (QED) is 0.712. The molecule has 0 spiro atoms. The lowest BCUT2D eigenvalue weighted by atomic mass is 10.1. The van der Waals surface area contributed by atoms with Crippen LogP contribution in [-0.2, 0) is 0 Å². The minimum Gasteiger partial charge on any atom is -0.397 e. The molecule has 0 saturated heterocycles. The standard InChI is InChI=1S/C15H12FN3/c16-13-6-7-15(14(17)8-13)19-10-12(9-18-19)11-4-2-1-3-5-11/h1-10H,17H2. The van der Waals surface area contributed by atoms with Gasteiger partial charge in [0.15, 0.2) is 0 Å². The molecule has 0 radical (unpaired) electrons. The van der Waals surface area contributed by atoms with Crippen LogP contribution in [0.1, 0.15) is 0 Å². The molecule has 3 aromatic rings. The normalized spacial score (nSPS) is 10.6. The highest BCUT2D eigenvalue weighted by Gasteiger charge is 2.06. The first kappa shape index (κ1) is 11.5. The van der Waals surface area contributed by atoms with Crippen molar-refractivity contribution in [3.05, 3.63) is 66.7 Å². The Bertz CT molecular complexity index is 704. The van der Waals surface area contributed by atoms with E-state index in [0.717, 1.165) is 11.1 Å². The van der Waals surface area contributed by atoms with Crippen LogP contribution in [-0.4, -0.2) is 9.78 Å². The Hall–Kier alpha value is -2.62. The smallest absolute Gasteiger partial charge is 0.125 e. The monoisotopic (exact) mass is 253 g/mol. The lowest BCUT2D eigenvalue weighted by Gasteiger charge is -2.05. The van der Waals surface area contributed by atoms with Gasteiger partial charge in [-0.2, -0.15) is 5.10 Å². The molecule has 0 unspecified atom stereocenters. The van der Waals surface area contributed by atoms with Gasteiger partial charge in [0.1, 0.15) is 5.82 Å². The van der Waals surface area contributed by atoms with E-state index in [-0.39, 0.29) is 5.82 Å². The maximum atomic E-state index is 13.0. The molecule has 3 rings (SSSR count). The number of anilines is 1. The van der Waals surface area contributed by atoms with Crippen molar-refractivity contribution >= 4 is 5.69 Å². The van der Waals surface area contributed by atoms with Crippen LogP contribution >= 0.6 is 0 Å². The molecule has 0 fully saturated rings. The second kappa shape index (κ2) is 4.57. The van der Waals surface area contributed by atoms with Gasteiger partial charge >= 0.3 is 0 Å². The molecular weight excluding hydrogens is 241 g/mol. The Kier molecular flexibility index (Phi) is 2.76. The van der Waals surface area contributed by atoms with Crippen LogP contribution in [0, 0.1) is 5.82 Å². The minimum atomic E-state index is -0.350. The highest BCUT2D eigenvalue weighted by Crippen LogP contribution is 2.22. The highest BCUT2D eigenvalue weighted by atomic mass is 19.1. The molecule has 3 nitrogen and oxygen atoms in total. The van der Waals surface area contributed by atoms with Crippen molar-refractivity contribution < 1.29 is 4.39 Å². The maximum absolute atomic E-state index is 13.0. The lowest BCUT2D eigenvalue weighted by Crippen LogP contribution is -2.00. The third-order valence-electron chi connectivity index (χ3n) is 2.93. The number of rotatable bonds is 2. The summed E-state index contributed by atoms with van der Waals surface area (Å²) in [7, 11) is 0. The van der Waals surface area contributed by atoms with Crippen molar-refractivity contribution in [3.63, 3.8) is 0 Å². The van der Waals surface area contributed by atoms with E-state index in [9.17, 15) is 4.39 Å². The largest absolute Gasteiger partial charge is 0.397 e. The average Bonchev–Trinajstić information content (AvgIpc) is 2.89. The second-order valence-electron chi connectivity index (χ2n) is 4.24. The predicted octanol–water partition coefficient (Wildman–Crippen LogP) is 3.26. The molecule has 4 heteroatoms. The Balaban J connectivity index is 2.02. The lowest BCUT2D eigenvalue weighted by molar-refractivity contribution is 0.628. The fraction of sp³-hybridized carbons (Fsp3) is 0. The van der Waals surface area contributed by atoms with Gasteiger partial charge in [-0.15, -0.1) is 0 Å². The summed E-state index contributed by atoms with van der Waals surface area (Å²) >= 11 is 0. The molecule has 1 aromatic heterocycles. The summed E-state index contributed by atoms with van der Waals surface area (Å²) in [4.78, 5) is 0. The van der Waals surface area contributed by atoms with E-state index in [4.69, 9.17) is 5.73 Å². The molecule has 2 aromatic carbocycles. The number of aromatic nitrogens is 2. The van der Waals surface area contributed by atoms with Gasteiger partial charge in [0.25, 0.3) is 0 Å². The van der Waals surface area contributed by atoms with E-state index in [2.05, 4.69) is 5.10 Å². The zero-order valence-corrected chi connectivity index (χ0v) is 10.1. The molecule has 19 heavy (non-hydrogen) atoms. The van der Waals surface area contributed by atoms with Gasteiger partial charge in [-0.1, -0.05) is 30.3 Å². The van der Waals surface area contributed by atoms with Crippen molar-refractivity contribution in [1.82, 2.24) is 9.78 Å². The number of hydrogen-bond acceptors (Lipinski definition) is 2. The van der Waals surface area contributed by atoms with Gasteiger partial charge in [0.2, 0.25) is 0 Å². The van der Waals surface area contributed by atoms with E-state index in [0.29, 0.717) is 11.4 Å². The fourth-order valence-electron chi connectivity index (χ4n) is 1.97. The number of nitrogen functional groups attached to an aromatic ring is 1. The van der Waals surface area contributed by atoms with E-state index < -0.39 is 0 Å². The number of nitrogens with two attached hydrogens (primary N) is 1. The van der Waals surface area contributed by atoms with Gasteiger partial charge in [0.05, 0.1) is 17.6 Å². The molecule has 0 amide bonds. The number of benzene rings is 2. The molecule has 0 aliphatic carbocycles. The molecule has 2 N–H and O–H groups in total. The first-order valence-corrected chi connectivity index (χ1v) is 5.89. The van der Waals surface area contributed by atoms with Crippen LogP contribution in [0.25, 0.3) is 16.8 Å². The first-order chi connectivity index (χ1) is 9.24. The summed E-state index contributed by atoms with van der Waals surface area (Å²) in [6.07, 6.45) is 3.64. The predicted molar refractivity (Wildman–Crippen MR) is 73.4 cm³/mol. The van der Waals surface area contributed by atoms with Crippen molar-refractivity contribution in [2.24, 2.45) is 0 Å². The van der Waals surface area contributed by atoms with Crippen molar-refractivity contribution in [1.29, 1.82) is 0 Å². The SMILES string of the molecule is Nc1cc(F)ccc1-n1cc(-c2ccccc2)cn1. The number of nitrogens with zero attached hydrogens (tertiary/aromatic N) is 2. The summed E-state index contributed by atoms with van der Waals surface area (Å²) in [5, 5.41) is 4.27. The van der Waals surface area contributed by atoms with E-state index >= 15 is 0 Å². The Morgan fingerprint density at radius 2 is 1.79 bits per heavy atom. The van der Waals surface area contributed by atoms with Crippen LogP contribution < -0.4 is 5.73 Å². The first-order valence-electron chi connectivity index (χ1n) is 5.89. The summed E-state index contributed by atoms with van der Waals surface area (Å²) in [5.41, 5.74) is 8.90. The minimum absolute atomic E-state index is 0.350. The van der Waals surface area contributed by atoms with Gasteiger partial charge in [-0.05, 0) is 23.8 Å². The highest BCUT2D eigenvalue weighted by molar-refractivity contribution is 5.64. The summed E-state index contributed by atoms with van der Waals surface area (Å²) in [5.74, 6) is -0.350. The Morgan fingerprint density at radius 3 is 2.53 bits per heavy atom. The zero-order valence-electron chi connectivity index (χ0n) is 10.1. The maximum Gasteiger partial charge on any atom is 0.125 e. The summed E-state index contributed by atoms with van der Waals surface area (Å²) in [6, 6.07) is 14.2. The average molecular weight is 253 g/mol.